The molecule has 0 aliphatic heterocycles. The second-order valence-electron chi connectivity index (χ2n) is 4.34. The van der Waals surface area contributed by atoms with E-state index in [2.05, 4.69) is 15.3 Å². The smallest absolute Gasteiger partial charge is 0.229 e. The molecule has 6 heteroatoms. The van der Waals surface area contributed by atoms with Crippen LogP contribution in [-0.2, 0) is 0 Å². The molecule has 0 atom stereocenters. The molecule has 2 aromatic rings. The Hall–Kier alpha value is -1.88. The Labute approximate surface area is 116 Å². The lowest BCUT2D eigenvalue weighted by molar-refractivity contribution is 0.631. The number of benzene rings is 1. The van der Waals surface area contributed by atoms with Crippen molar-refractivity contribution in [1.29, 1.82) is 0 Å². The number of anilines is 3. The maximum absolute atomic E-state index is 13.7. The summed E-state index contributed by atoms with van der Waals surface area (Å²) >= 11 is 5.70. The number of aromatic nitrogens is 2. The topological polar surface area (TPSA) is 41.1 Å². The summed E-state index contributed by atoms with van der Waals surface area (Å²) in [6.07, 6.45) is 1.69. The van der Waals surface area contributed by atoms with Crippen LogP contribution in [0.15, 0.2) is 24.4 Å². The first-order chi connectivity index (χ1) is 8.97. The first kappa shape index (κ1) is 13.5. The van der Waals surface area contributed by atoms with E-state index in [1.54, 1.807) is 18.3 Å². The molecule has 100 valence electrons. The van der Waals surface area contributed by atoms with Crippen molar-refractivity contribution in [3.8, 4) is 0 Å². The zero-order chi connectivity index (χ0) is 14.0. The lowest BCUT2D eigenvalue weighted by atomic mass is 10.3. The Balaban J connectivity index is 2.31. The largest absolute Gasteiger partial charge is 0.362 e. The van der Waals surface area contributed by atoms with Gasteiger partial charge in [-0.15, -0.1) is 0 Å². The molecule has 0 fully saturated rings. The van der Waals surface area contributed by atoms with E-state index in [0.717, 1.165) is 11.4 Å². The second kappa shape index (κ2) is 5.40. The zero-order valence-electron chi connectivity index (χ0n) is 10.9. The van der Waals surface area contributed by atoms with E-state index < -0.39 is 5.82 Å². The molecular formula is C13H14ClFN4. The standard InChI is InChI=1S/C13H14ClFN4/c1-8-7-16-13(18-12(8)19(2)3)17-11-5-4-9(14)6-10(11)15/h4-7H,1-3H3,(H,16,17,18). The summed E-state index contributed by atoms with van der Waals surface area (Å²) in [5.74, 6) is 0.686. The van der Waals surface area contributed by atoms with E-state index in [-0.39, 0.29) is 5.69 Å². The highest BCUT2D eigenvalue weighted by molar-refractivity contribution is 6.30. The number of nitrogens with one attached hydrogen (secondary N) is 1. The van der Waals surface area contributed by atoms with Crippen LogP contribution in [0, 0.1) is 12.7 Å². The fourth-order valence-corrected chi connectivity index (χ4v) is 1.82. The summed E-state index contributed by atoms with van der Waals surface area (Å²) < 4.78 is 13.7. The number of halogens is 2. The molecule has 4 nitrogen and oxygen atoms in total. The van der Waals surface area contributed by atoms with Gasteiger partial charge in [0.15, 0.2) is 0 Å². The third kappa shape index (κ3) is 3.12. The molecule has 0 bridgehead atoms. The van der Waals surface area contributed by atoms with E-state index in [1.165, 1.54) is 6.07 Å². The van der Waals surface area contributed by atoms with Crippen molar-refractivity contribution in [3.63, 3.8) is 0 Å². The Kier molecular flexibility index (Phi) is 3.85. The minimum absolute atomic E-state index is 0.290. The van der Waals surface area contributed by atoms with Gasteiger partial charge >= 0.3 is 0 Å². The van der Waals surface area contributed by atoms with Gasteiger partial charge in [-0.1, -0.05) is 11.6 Å². The average molecular weight is 281 g/mol. The van der Waals surface area contributed by atoms with Crippen LogP contribution in [0.1, 0.15) is 5.56 Å². The van der Waals surface area contributed by atoms with Gasteiger partial charge in [0, 0.05) is 30.9 Å². The highest BCUT2D eigenvalue weighted by atomic mass is 35.5. The average Bonchev–Trinajstić information content (AvgIpc) is 2.34. The van der Waals surface area contributed by atoms with Gasteiger partial charge in [0.05, 0.1) is 5.69 Å². The molecule has 0 saturated heterocycles. The number of hydrogen-bond donors (Lipinski definition) is 1. The quantitative estimate of drug-likeness (QED) is 0.936. The first-order valence-electron chi connectivity index (χ1n) is 5.70. The summed E-state index contributed by atoms with van der Waals surface area (Å²) in [7, 11) is 3.78. The number of nitrogens with zero attached hydrogens (tertiary/aromatic N) is 3. The van der Waals surface area contributed by atoms with E-state index in [1.807, 2.05) is 25.9 Å². The first-order valence-corrected chi connectivity index (χ1v) is 6.08. The van der Waals surface area contributed by atoms with Crippen LogP contribution in [0.4, 0.5) is 21.8 Å². The Morgan fingerprint density at radius 2 is 2.05 bits per heavy atom. The van der Waals surface area contributed by atoms with Crippen molar-refractivity contribution in [1.82, 2.24) is 9.97 Å². The summed E-state index contributed by atoms with van der Waals surface area (Å²) in [6, 6.07) is 4.40. The molecule has 0 radical (unpaired) electrons. The molecule has 0 aliphatic carbocycles. The van der Waals surface area contributed by atoms with Crippen molar-refractivity contribution < 1.29 is 4.39 Å². The SMILES string of the molecule is Cc1cnc(Nc2ccc(Cl)cc2F)nc1N(C)C. The van der Waals surface area contributed by atoms with Crippen molar-refractivity contribution in [2.24, 2.45) is 0 Å². The van der Waals surface area contributed by atoms with Gasteiger partial charge in [0.25, 0.3) is 0 Å². The lowest BCUT2D eigenvalue weighted by Gasteiger charge is -2.15. The van der Waals surface area contributed by atoms with Crippen LogP contribution in [-0.4, -0.2) is 24.1 Å². The van der Waals surface area contributed by atoms with Gasteiger partial charge in [0.1, 0.15) is 11.6 Å². The van der Waals surface area contributed by atoms with Crippen LogP contribution in [0.2, 0.25) is 5.02 Å². The molecule has 0 saturated carbocycles. The van der Waals surface area contributed by atoms with Crippen LogP contribution < -0.4 is 10.2 Å². The van der Waals surface area contributed by atoms with Crippen molar-refractivity contribution in [3.05, 3.63) is 40.8 Å². The lowest BCUT2D eigenvalue weighted by Crippen LogP contribution is -2.13. The molecule has 0 unspecified atom stereocenters. The van der Waals surface area contributed by atoms with Crippen LogP contribution in [0.5, 0.6) is 0 Å². The zero-order valence-corrected chi connectivity index (χ0v) is 11.7. The maximum Gasteiger partial charge on any atom is 0.229 e. The highest BCUT2D eigenvalue weighted by Crippen LogP contribution is 2.23. The van der Waals surface area contributed by atoms with Gasteiger partial charge in [-0.3, -0.25) is 0 Å². The minimum atomic E-state index is -0.442. The molecule has 1 N–H and O–H groups in total. The monoisotopic (exact) mass is 280 g/mol. The van der Waals surface area contributed by atoms with Gasteiger partial charge in [0.2, 0.25) is 5.95 Å². The molecule has 0 aliphatic rings. The molecule has 1 aromatic heterocycles. The van der Waals surface area contributed by atoms with E-state index in [4.69, 9.17) is 11.6 Å². The second-order valence-corrected chi connectivity index (χ2v) is 4.78. The predicted octanol–water partition coefficient (Wildman–Crippen LogP) is 3.39. The number of aryl methyl sites for hydroxylation is 1. The molecule has 0 amide bonds. The molecular weight excluding hydrogens is 267 g/mol. The van der Waals surface area contributed by atoms with Gasteiger partial charge in [-0.25, -0.2) is 9.37 Å². The molecule has 1 aromatic carbocycles. The third-order valence-corrected chi connectivity index (χ3v) is 2.78. The normalized spacial score (nSPS) is 10.4. The van der Waals surface area contributed by atoms with Crippen LogP contribution in [0.3, 0.4) is 0 Å². The Morgan fingerprint density at radius 1 is 1.32 bits per heavy atom. The number of rotatable bonds is 3. The van der Waals surface area contributed by atoms with Crippen molar-refractivity contribution in [2.45, 2.75) is 6.92 Å². The fraction of sp³-hybridized carbons (Fsp3) is 0.231. The van der Waals surface area contributed by atoms with Crippen molar-refractivity contribution in [2.75, 3.05) is 24.3 Å². The van der Waals surface area contributed by atoms with Crippen LogP contribution >= 0.6 is 11.6 Å². The summed E-state index contributed by atoms with van der Waals surface area (Å²) in [6.45, 7) is 1.92. The predicted molar refractivity (Wildman–Crippen MR) is 75.8 cm³/mol. The highest BCUT2D eigenvalue weighted by Gasteiger charge is 2.08. The van der Waals surface area contributed by atoms with Crippen LogP contribution in [0.25, 0.3) is 0 Å². The summed E-state index contributed by atoms with van der Waals surface area (Å²) in [5, 5.41) is 3.19. The Morgan fingerprint density at radius 3 is 2.68 bits per heavy atom. The molecule has 0 spiro atoms. The van der Waals surface area contributed by atoms with E-state index >= 15 is 0 Å². The fourth-order valence-electron chi connectivity index (χ4n) is 1.66. The van der Waals surface area contributed by atoms with E-state index in [9.17, 15) is 4.39 Å². The van der Waals surface area contributed by atoms with E-state index in [0.29, 0.717) is 11.0 Å². The third-order valence-electron chi connectivity index (χ3n) is 2.55. The number of hydrogen-bond acceptors (Lipinski definition) is 4. The minimum Gasteiger partial charge on any atom is -0.362 e. The van der Waals surface area contributed by atoms with Gasteiger partial charge in [-0.05, 0) is 25.1 Å². The maximum atomic E-state index is 13.7. The van der Waals surface area contributed by atoms with Crippen molar-refractivity contribution >= 4 is 29.1 Å². The van der Waals surface area contributed by atoms with Gasteiger partial charge < -0.3 is 10.2 Å². The summed E-state index contributed by atoms with van der Waals surface area (Å²) in [5.41, 5.74) is 1.24. The molecule has 19 heavy (non-hydrogen) atoms. The Bertz CT molecular complexity index is 601. The van der Waals surface area contributed by atoms with Gasteiger partial charge in [-0.2, -0.15) is 4.98 Å². The molecule has 1 heterocycles. The molecule has 2 rings (SSSR count). The summed E-state index contributed by atoms with van der Waals surface area (Å²) in [4.78, 5) is 10.3.